The van der Waals surface area contributed by atoms with Gasteiger partial charge in [-0.15, -0.1) is 0 Å². The predicted octanol–water partition coefficient (Wildman–Crippen LogP) is -0.123. The Hall–Kier alpha value is -1.09. The van der Waals surface area contributed by atoms with E-state index in [1.54, 1.807) is 36.4 Å². The number of Topliss-reactive ketones (excluding diaryl/α,β-unsaturated/α-hetero) is 1. The molecule has 0 saturated heterocycles. The van der Waals surface area contributed by atoms with Crippen LogP contribution >= 0.6 is 0 Å². The molecule has 11 heteroatoms. The number of methoxy groups -OCH3 is 1. The van der Waals surface area contributed by atoms with E-state index in [1.165, 1.54) is 19.2 Å². The van der Waals surface area contributed by atoms with E-state index in [0.29, 0.717) is 58.2 Å². The summed E-state index contributed by atoms with van der Waals surface area (Å²) in [6, 6.07) is 12.9. The predicted molar refractivity (Wildman–Crippen MR) is 140 cm³/mol. The van der Waals surface area contributed by atoms with Crippen molar-refractivity contribution in [1.29, 1.82) is 0 Å². The maximum Gasteiger partial charge on any atom is 1.00 e. The Morgan fingerprint density at radius 3 is 1.85 bits per heavy atom. The SMILES string of the molecule is CC.COC(=O)C(CCc1ccc(F)cc1)C(=O)c1ccc(COCCOCCOCCN)cc1.CO[O-].[K+]. The number of benzene rings is 2. The van der Waals surface area contributed by atoms with Gasteiger partial charge in [-0.2, -0.15) is 0 Å². The van der Waals surface area contributed by atoms with Crippen molar-refractivity contribution in [3.63, 3.8) is 0 Å². The van der Waals surface area contributed by atoms with Crippen LogP contribution in [0.5, 0.6) is 0 Å². The number of carbonyl (C=O) groups excluding carboxylic acids is 2. The Balaban J connectivity index is 0. The Kier molecular flexibility index (Phi) is 27.8. The zero-order valence-corrected chi connectivity index (χ0v) is 26.9. The molecular weight excluding hydrogens is 536 g/mol. The molecule has 0 spiro atoms. The molecule has 0 radical (unpaired) electrons. The number of hydrogen-bond donors (Lipinski definition) is 1. The molecule has 1 atom stereocenters. The van der Waals surface area contributed by atoms with Crippen molar-refractivity contribution in [3.8, 4) is 0 Å². The number of ether oxygens (including phenoxy) is 4. The van der Waals surface area contributed by atoms with Gasteiger partial charge in [-0.1, -0.05) is 50.2 Å². The fraction of sp³-hybridized carbons (Fsp3) is 0.500. The molecular formula is C28H41FKNO8. The molecule has 2 N–H and O–H groups in total. The number of halogens is 1. The van der Waals surface area contributed by atoms with Crippen LogP contribution in [-0.4, -0.2) is 65.6 Å². The molecule has 0 bridgehead atoms. The quantitative estimate of drug-likeness (QED) is 0.0552. The molecule has 2 aromatic rings. The van der Waals surface area contributed by atoms with Gasteiger partial charge in [0, 0.05) is 19.2 Å². The average Bonchev–Trinajstić information content (AvgIpc) is 2.94. The molecule has 0 aliphatic heterocycles. The van der Waals surface area contributed by atoms with Gasteiger partial charge in [-0.3, -0.25) is 9.59 Å². The molecule has 0 aromatic heterocycles. The van der Waals surface area contributed by atoms with E-state index in [2.05, 4.69) is 4.89 Å². The first-order valence-corrected chi connectivity index (χ1v) is 12.5. The molecule has 2 rings (SSSR count). The van der Waals surface area contributed by atoms with Gasteiger partial charge in [-0.05, 0) is 36.1 Å². The minimum atomic E-state index is -0.923. The summed E-state index contributed by atoms with van der Waals surface area (Å²) in [7, 11) is 2.33. The minimum Gasteiger partial charge on any atom is -0.724 e. The molecule has 214 valence electrons. The minimum absolute atomic E-state index is 0. The third-order valence-corrected chi connectivity index (χ3v) is 4.95. The fourth-order valence-electron chi connectivity index (χ4n) is 3.14. The molecule has 0 aliphatic rings. The zero-order valence-electron chi connectivity index (χ0n) is 23.8. The van der Waals surface area contributed by atoms with Gasteiger partial charge in [0.15, 0.2) is 5.78 Å². The number of aryl methyl sites for hydroxylation is 1. The van der Waals surface area contributed by atoms with E-state index < -0.39 is 11.9 Å². The van der Waals surface area contributed by atoms with Crippen LogP contribution < -0.4 is 62.4 Å². The van der Waals surface area contributed by atoms with E-state index in [1.807, 2.05) is 13.8 Å². The maximum absolute atomic E-state index is 13.1. The van der Waals surface area contributed by atoms with E-state index in [4.69, 9.17) is 29.9 Å². The zero-order chi connectivity index (χ0) is 28.6. The van der Waals surface area contributed by atoms with Crippen LogP contribution in [0.4, 0.5) is 4.39 Å². The second-order valence-electron chi connectivity index (χ2n) is 7.53. The van der Waals surface area contributed by atoms with Gasteiger partial charge in [0.05, 0.1) is 46.8 Å². The van der Waals surface area contributed by atoms with Gasteiger partial charge in [-0.25, -0.2) is 4.39 Å². The summed E-state index contributed by atoms with van der Waals surface area (Å²) < 4.78 is 34.1. The standard InChI is InChI=1S/C25H32FNO6.C2H6.CH4O2.K/c1-30-25(29)23(11-6-19-4-9-22(26)10-5-19)24(28)21-7-2-20(3-8-21)18-33-17-16-32-15-14-31-13-12-27;1-2;1-3-2;/h2-5,7-10,23H,6,11-18,27H2,1H3;1-2H3;2H,1H3;/q;;;+1/p-1. The van der Waals surface area contributed by atoms with E-state index in [9.17, 15) is 14.0 Å². The second kappa shape index (κ2) is 27.1. The smallest absolute Gasteiger partial charge is 0.724 e. The van der Waals surface area contributed by atoms with Crippen molar-refractivity contribution in [2.24, 2.45) is 11.7 Å². The molecule has 0 heterocycles. The van der Waals surface area contributed by atoms with Crippen molar-refractivity contribution in [2.45, 2.75) is 33.3 Å². The molecule has 1 unspecified atom stereocenters. The van der Waals surface area contributed by atoms with Crippen LogP contribution in [0.25, 0.3) is 0 Å². The van der Waals surface area contributed by atoms with Gasteiger partial charge in [0.1, 0.15) is 11.7 Å². The third-order valence-electron chi connectivity index (χ3n) is 4.95. The monoisotopic (exact) mass is 577 g/mol. The van der Waals surface area contributed by atoms with Crippen LogP contribution in [0.2, 0.25) is 0 Å². The van der Waals surface area contributed by atoms with Crippen LogP contribution in [-0.2, 0) is 41.7 Å². The van der Waals surface area contributed by atoms with Crippen molar-refractivity contribution >= 4 is 11.8 Å². The van der Waals surface area contributed by atoms with Gasteiger partial charge in [0.25, 0.3) is 0 Å². The van der Waals surface area contributed by atoms with E-state index in [0.717, 1.165) is 18.2 Å². The number of rotatable bonds is 16. The van der Waals surface area contributed by atoms with Crippen molar-refractivity contribution < 1.29 is 94.5 Å². The van der Waals surface area contributed by atoms with Crippen LogP contribution in [0.15, 0.2) is 48.5 Å². The second-order valence-corrected chi connectivity index (χ2v) is 7.53. The third kappa shape index (κ3) is 18.8. The van der Waals surface area contributed by atoms with Crippen LogP contribution in [0.3, 0.4) is 0 Å². The van der Waals surface area contributed by atoms with Crippen molar-refractivity contribution in [2.75, 3.05) is 53.8 Å². The maximum atomic E-state index is 13.1. The average molecular weight is 578 g/mol. The Morgan fingerprint density at radius 2 is 1.33 bits per heavy atom. The molecule has 0 fully saturated rings. The van der Waals surface area contributed by atoms with Gasteiger partial charge >= 0.3 is 57.4 Å². The number of carbonyl (C=O) groups is 2. The van der Waals surface area contributed by atoms with Crippen LogP contribution in [0.1, 0.15) is 41.8 Å². The molecule has 0 aliphatic carbocycles. The molecule has 0 saturated carbocycles. The fourth-order valence-corrected chi connectivity index (χ4v) is 3.14. The summed E-state index contributed by atoms with van der Waals surface area (Å²) in [6.07, 6.45) is 0.734. The van der Waals surface area contributed by atoms with E-state index in [-0.39, 0.29) is 69.4 Å². The summed E-state index contributed by atoms with van der Waals surface area (Å²) in [6.45, 7) is 7.28. The number of nitrogens with two attached hydrogens (primary N) is 1. The number of esters is 1. The Morgan fingerprint density at radius 1 is 0.846 bits per heavy atom. The summed E-state index contributed by atoms with van der Waals surface area (Å²) in [4.78, 5) is 28.2. The topological polar surface area (TPSA) is 129 Å². The summed E-state index contributed by atoms with van der Waals surface area (Å²) in [5.41, 5.74) is 7.50. The molecule has 39 heavy (non-hydrogen) atoms. The number of hydrogen-bond acceptors (Lipinski definition) is 9. The number of ketones is 1. The van der Waals surface area contributed by atoms with Crippen LogP contribution in [0, 0.1) is 11.7 Å². The van der Waals surface area contributed by atoms with E-state index >= 15 is 0 Å². The Bertz CT molecular complexity index is 869. The first-order chi connectivity index (χ1) is 18.5. The molecule has 9 nitrogen and oxygen atoms in total. The Labute approximate surface area is 273 Å². The van der Waals surface area contributed by atoms with Gasteiger partial charge in [0.2, 0.25) is 0 Å². The summed E-state index contributed by atoms with van der Waals surface area (Å²) >= 11 is 0. The van der Waals surface area contributed by atoms with Gasteiger partial charge < -0.3 is 34.8 Å². The summed E-state index contributed by atoms with van der Waals surface area (Å²) in [5.74, 6) is -2.14. The first kappa shape index (κ1) is 40.0. The largest absolute Gasteiger partial charge is 1.00 e. The first-order valence-electron chi connectivity index (χ1n) is 12.5. The molecule has 0 amide bonds. The normalized spacial score (nSPS) is 10.6. The van der Waals surface area contributed by atoms with Crippen molar-refractivity contribution in [1.82, 2.24) is 0 Å². The summed E-state index contributed by atoms with van der Waals surface area (Å²) in [5, 5.41) is 8.43. The van der Waals surface area contributed by atoms with Crippen molar-refractivity contribution in [3.05, 3.63) is 71.0 Å². The molecule has 2 aromatic carbocycles.